The van der Waals surface area contributed by atoms with Crippen molar-refractivity contribution in [2.75, 3.05) is 11.1 Å². The van der Waals surface area contributed by atoms with Gasteiger partial charge < -0.3 is 5.32 Å². The molecule has 0 spiro atoms. The zero-order valence-electron chi connectivity index (χ0n) is 14.4. The van der Waals surface area contributed by atoms with E-state index in [1.807, 2.05) is 0 Å². The van der Waals surface area contributed by atoms with Gasteiger partial charge in [-0.2, -0.15) is 13.2 Å². The third kappa shape index (κ3) is 3.94. The molecule has 28 heavy (non-hydrogen) atoms. The number of nitrogens with one attached hydrogen (secondary N) is 1. The topological polar surface area (TPSA) is 50.7 Å². The Morgan fingerprint density at radius 2 is 1.82 bits per heavy atom. The molecular weight excluding hydrogens is 392 g/mol. The third-order valence-electron chi connectivity index (χ3n) is 4.29. The Balaban J connectivity index is 1.73. The van der Waals surface area contributed by atoms with E-state index < -0.39 is 11.9 Å². The lowest BCUT2D eigenvalue weighted by molar-refractivity contribution is -0.141. The highest BCUT2D eigenvalue weighted by Gasteiger charge is 2.34. The van der Waals surface area contributed by atoms with Gasteiger partial charge in [-0.3, -0.25) is 4.98 Å². The molecule has 0 fully saturated rings. The van der Waals surface area contributed by atoms with Crippen LogP contribution in [0.1, 0.15) is 23.7 Å². The van der Waals surface area contributed by atoms with Crippen molar-refractivity contribution in [2.45, 2.75) is 23.5 Å². The van der Waals surface area contributed by atoms with Crippen LogP contribution < -0.4 is 5.32 Å². The maximum atomic E-state index is 13.7. The molecule has 0 saturated carbocycles. The van der Waals surface area contributed by atoms with Gasteiger partial charge in [-0.05, 0) is 42.3 Å². The second-order valence-electron chi connectivity index (χ2n) is 6.21. The molecule has 1 N–H and O–H groups in total. The molecule has 0 aliphatic carbocycles. The predicted molar refractivity (Wildman–Crippen MR) is 98.4 cm³/mol. The molecule has 4 nitrogen and oxygen atoms in total. The molecular formula is C19H14F4N4S. The number of anilines is 1. The zero-order chi connectivity index (χ0) is 19.7. The number of rotatable bonds is 3. The number of aromatic nitrogens is 3. The molecule has 9 heteroatoms. The third-order valence-corrected chi connectivity index (χ3v) is 5.41. The van der Waals surface area contributed by atoms with Crippen molar-refractivity contribution in [3.63, 3.8) is 0 Å². The highest BCUT2D eigenvalue weighted by atomic mass is 32.2. The van der Waals surface area contributed by atoms with Crippen LogP contribution in [-0.2, 0) is 6.18 Å². The van der Waals surface area contributed by atoms with Gasteiger partial charge in [0, 0.05) is 34.7 Å². The van der Waals surface area contributed by atoms with E-state index in [0.29, 0.717) is 17.5 Å². The van der Waals surface area contributed by atoms with Crippen molar-refractivity contribution in [2.24, 2.45) is 0 Å². The smallest absolute Gasteiger partial charge is 0.363 e. The highest BCUT2D eigenvalue weighted by molar-refractivity contribution is 7.99. The number of pyridine rings is 1. The van der Waals surface area contributed by atoms with Crippen molar-refractivity contribution in [1.29, 1.82) is 0 Å². The SMILES string of the molecule is Fc1ccc2c(c1)C(Nc1cc(C(F)(F)F)nc(-c3ccncc3)n1)CCS2. The van der Waals surface area contributed by atoms with Gasteiger partial charge in [0.15, 0.2) is 11.5 Å². The molecule has 1 aliphatic rings. The van der Waals surface area contributed by atoms with Gasteiger partial charge in [0.25, 0.3) is 0 Å². The quantitative estimate of drug-likeness (QED) is 0.595. The lowest BCUT2D eigenvalue weighted by atomic mass is 10.0. The Bertz CT molecular complexity index is 995. The van der Waals surface area contributed by atoms with Gasteiger partial charge in [-0.1, -0.05) is 0 Å². The van der Waals surface area contributed by atoms with Gasteiger partial charge in [-0.25, -0.2) is 14.4 Å². The fraction of sp³-hybridized carbons (Fsp3) is 0.211. The Kier molecular flexibility index (Phi) is 4.92. The van der Waals surface area contributed by atoms with Crippen molar-refractivity contribution in [1.82, 2.24) is 15.0 Å². The molecule has 3 heterocycles. The van der Waals surface area contributed by atoms with Crippen LogP contribution in [0, 0.1) is 5.82 Å². The summed E-state index contributed by atoms with van der Waals surface area (Å²) in [5.74, 6) is 0.375. The van der Waals surface area contributed by atoms with E-state index in [0.717, 1.165) is 16.7 Å². The molecule has 0 saturated heterocycles. The van der Waals surface area contributed by atoms with E-state index in [1.165, 1.54) is 24.5 Å². The Morgan fingerprint density at radius 1 is 1.04 bits per heavy atom. The predicted octanol–water partition coefficient (Wildman–Crippen LogP) is 5.35. The number of halogens is 4. The van der Waals surface area contributed by atoms with Crippen molar-refractivity contribution in [3.05, 3.63) is 65.9 Å². The number of alkyl halides is 3. The molecule has 3 aromatic rings. The molecule has 1 aromatic carbocycles. The van der Waals surface area contributed by atoms with Crippen molar-refractivity contribution in [3.8, 4) is 11.4 Å². The van der Waals surface area contributed by atoms with E-state index in [4.69, 9.17) is 0 Å². The molecule has 1 atom stereocenters. The van der Waals surface area contributed by atoms with Gasteiger partial charge in [0.1, 0.15) is 11.6 Å². The summed E-state index contributed by atoms with van der Waals surface area (Å²) in [5, 5.41) is 3.04. The lowest BCUT2D eigenvalue weighted by Crippen LogP contribution is -2.18. The summed E-state index contributed by atoms with van der Waals surface area (Å²) in [5.41, 5.74) is 0.102. The summed E-state index contributed by atoms with van der Waals surface area (Å²) in [6, 6.07) is 8.10. The molecule has 1 unspecified atom stereocenters. The summed E-state index contributed by atoms with van der Waals surface area (Å²) < 4.78 is 53.7. The summed E-state index contributed by atoms with van der Waals surface area (Å²) in [6.07, 6.45) is -1.06. The first-order valence-corrected chi connectivity index (χ1v) is 9.44. The van der Waals surface area contributed by atoms with Gasteiger partial charge in [-0.15, -0.1) is 11.8 Å². The second-order valence-corrected chi connectivity index (χ2v) is 7.35. The second kappa shape index (κ2) is 7.38. The fourth-order valence-electron chi connectivity index (χ4n) is 2.99. The first-order chi connectivity index (χ1) is 13.4. The van der Waals surface area contributed by atoms with E-state index in [-0.39, 0.29) is 23.5 Å². The van der Waals surface area contributed by atoms with Crippen LogP contribution in [0.2, 0.25) is 0 Å². The minimum absolute atomic E-state index is 0.0428. The summed E-state index contributed by atoms with van der Waals surface area (Å²) >= 11 is 1.59. The standard InChI is InChI=1S/C19H14F4N4S/c20-12-1-2-15-13(9-12)14(5-8-28-15)25-17-10-16(19(21,22)23)26-18(27-17)11-3-6-24-7-4-11/h1-4,6-7,9-10,14H,5,8H2,(H,25,26,27). The summed E-state index contributed by atoms with van der Waals surface area (Å²) in [7, 11) is 0. The molecule has 144 valence electrons. The molecule has 2 aromatic heterocycles. The minimum Gasteiger partial charge on any atom is -0.363 e. The Hall–Kier alpha value is -2.68. The van der Waals surface area contributed by atoms with Crippen LogP contribution in [0.25, 0.3) is 11.4 Å². The normalized spacial score (nSPS) is 16.5. The van der Waals surface area contributed by atoms with Crippen molar-refractivity contribution < 1.29 is 17.6 Å². The number of thioether (sulfide) groups is 1. The maximum absolute atomic E-state index is 13.7. The molecule has 0 bridgehead atoms. The highest BCUT2D eigenvalue weighted by Crippen LogP contribution is 2.39. The van der Waals surface area contributed by atoms with Gasteiger partial charge in [0.2, 0.25) is 0 Å². The first-order valence-electron chi connectivity index (χ1n) is 8.45. The number of benzene rings is 1. The molecule has 0 amide bonds. The number of hydrogen-bond donors (Lipinski definition) is 1. The van der Waals surface area contributed by atoms with E-state index in [9.17, 15) is 17.6 Å². The Labute approximate surface area is 162 Å². The monoisotopic (exact) mass is 406 g/mol. The fourth-order valence-corrected chi connectivity index (χ4v) is 4.10. The molecule has 4 rings (SSSR count). The van der Waals surface area contributed by atoms with Crippen LogP contribution in [0.15, 0.2) is 53.7 Å². The van der Waals surface area contributed by atoms with Crippen LogP contribution in [0.4, 0.5) is 23.4 Å². The molecule has 0 radical (unpaired) electrons. The largest absolute Gasteiger partial charge is 0.433 e. The minimum atomic E-state index is -4.62. The van der Waals surface area contributed by atoms with Crippen LogP contribution in [0.5, 0.6) is 0 Å². The number of nitrogens with zero attached hydrogens (tertiary/aromatic N) is 3. The Morgan fingerprint density at radius 3 is 2.57 bits per heavy atom. The zero-order valence-corrected chi connectivity index (χ0v) is 15.2. The summed E-state index contributed by atoms with van der Waals surface area (Å²) in [4.78, 5) is 12.7. The average molecular weight is 406 g/mol. The summed E-state index contributed by atoms with van der Waals surface area (Å²) in [6.45, 7) is 0. The number of fused-ring (bicyclic) bond motifs is 1. The number of hydrogen-bond acceptors (Lipinski definition) is 5. The van der Waals surface area contributed by atoms with Gasteiger partial charge in [0.05, 0.1) is 6.04 Å². The van der Waals surface area contributed by atoms with Crippen LogP contribution >= 0.6 is 11.8 Å². The average Bonchev–Trinajstić information content (AvgIpc) is 2.68. The van der Waals surface area contributed by atoms with E-state index >= 15 is 0 Å². The molecule has 1 aliphatic heterocycles. The van der Waals surface area contributed by atoms with Crippen molar-refractivity contribution >= 4 is 17.6 Å². The maximum Gasteiger partial charge on any atom is 0.433 e. The van der Waals surface area contributed by atoms with E-state index in [2.05, 4.69) is 20.3 Å². The lowest BCUT2D eigenvalue weighted by Gasteiger charge is -2.26. The van der Waals surface area contributed by atoms with E-state index in [1.54, 1.807) is 30.0 Å². The van der Waals surface area contributed by atoms with Crippen LogP contribution in [0.3, 0.4) is 0 Å². The van der Waals surface area contributed by atoms with Gasteiger partial charge >= 0.3 is 6.18 Å². The first kappa shape index (κ1) is 18.7. The van der Waals surface area contributed by atoms with Crippen LogP contribution in [-0.4, -0.2) is 20.7 Å².